The average molecular weight is 354 g/mol. The lowest BCUT2D eigenvalue weighted by Crippen LogP contribution is -2.10. The summed E-state index contributed by atoms with van der Waals surface area (Å²) in [7, 11) is 0. The summed E-state index contributed by atoms with van der Waals surface area (Å²) in [6, 6.07) is 16.2. The number of nitrogens with zero attached hydrogens (tertiary/aromatic N) is 3. The van der Waals surface area contributed by atoms with E-state index in [9.17, 15) is 0 Å². The molecule has 3 aromatic rings. The molecule has 0 saturated carbocycles. The minimum absolute atomic E-state index is 0.510. The van der Waals surface area contributed by atoms with Crippen molar-refractivity contribution in [2.75, 3.05) is 17.2 Å². The summed E-state index contributed by atoms with van der Waals surface area (Å²) in [4.78, 5) is 4.43. The van der Waals surface area contributed by atoms with E-state index in [4.69, 9.17) is 11.6 Å². The van der Waals surface area contributed by atoms with E-state index >= 15 is 0 Å². The predicted octanol–water partition coefficient (Wildman–Crippen LogP) is 4.10. The Bertz CT molecular complexity index is 820. The number of hydrogen-bond acceptors (Lipinski definition) is 5. The fourth-order valence-electron chi connectivity index (χ4n) is 2.37. The third-order valence-electron chi connectivity index (χ3n) is 3.74. The molecule has 128 valence electrons. The first-order valence-electron chi connectivity index (χ1n) is 8.16. The lowest BCUT2D eigenvalue weighted by molar-refractivity contribution is 0.921. The number of rotatable bonds is 7. The Balaban J connectivity index is 1.51. The zero-order valence-corrected chi connectivity index (χ0v) is 14.8. The van der Waals surface area contributed by atoms with Crippen molar-refractivity contribution < 1.29 is 0 Å². The van der Waals surface area contributed by atoms with Gasteiger partial charge in [0.1, 0.15) is 0 Å². The molecule has 0 bridgehead atoms. The number of nitrogens with one attached hydrogen (secondary N) is 2. The highest BCUT2D eigenvalue weighted by Crippen LogP contribution is 2.12. The molecule has 25 heavy (non-hydrogen) atoms. The quantitative estimate of drug-likeness (QED) is 0.669. The van der Waals surface area contributed by atoms with Crippen LogP contribution >= 0.6 is 11.6 Å². The summed E-state index contributed by atoms with van der Waals surface area (Å²) in [6.07, 6.45) is 2.46. The molecule has 2 N–H and O–H groups in total. The van der Waals surface area contributed by atoms with Crippen molar-refractivity contribution in [3.8, 4) is 0 Å². The Kier molecular flexibility index (Phi) is 5.80. The van der Waals surface area contributed by atoms with Crippen LogP contribution in [0.4, 0.5) is 11.8 Å². The van der Waals surface area contributed by atoms with E-state index in [1.807, 2.05) is 24.3 Å². The molecule has 0 unspecified atom stereocenters. The minimum Gasteiger partial charge on any atom is -0.365 e. The highest BCUT2D eigenvalue weighted by Gasteiger charge is 2.01. The van der Waals surface area contributed by atoms with E-state index < -0.39 is 0 Å². The summed E-state index contributed by atoms with van der Waals surface area (Å²) in [5, 5.41) is 15.2. The molecule has 0 atom stereocenters. The number of aromatic nitrogens is 3. The number of hydrogen-bond donors (Lipinski definition) is 2. The maximum absolute atomic E-state index is 5.99. The molecule has 0 aliphatic rings. The zero-order chi connectivity index (χ0) is 17.5. The standard InChI is InChI=1S/C19H20ClN5/c1-14-5-7-16(8-6-14)12-22-18-13-23-25-19(24-18)21-10-9-15-3-2-4-17(20)11-15/h2-8,11,13H,9-10,12H2,1H3,(H2,21,22,24,25). The van der Waals surface area contributed by atoms with E-state index in [-0.39, 0.29) is 0 Å². The predicted molar refractivity (Wildman–Crippen MR) is 102 cm³/mol. The van der Waals surface area contributed by atoms with Crippen LogP contribution in [-0.4, -0.2) is 21.7 Å². The van der Waals surface area contributed by atoms with Crippen molar-refractivity contribution in [3.63, 3.8) is 0 Å². The first-order chi connectivity index (χ1) is 12.2. The largest absolute Gasteiger partial charge is 0.365 e. The third-order valence-corrected chi connectivity index (χ3v) is 3.97. The maximum Gasteiger partial charge on any atom is 0.244 e. The van der Waals surface area contributed by atoms with E-state index in [1.165, 1.54) is 16.7 Å². The van der Waals surface area contributed by atoms with Crippen LogP contribution in [0.2, 0.25) is 5.02 Å². The summed E-state index contributed by atoms with van der Waals surface area (Å²) >= 11 is 5.99. The van der Waals surface area contributed by atoms with Gasteiger partial charge in [0.05, 0.1) is 6.20 Å². The minimum atomic E-state index is 0.510. The third kappa shape index (κ3) is 5.43. The Labute approximate surface area is 152 Å². The molecular formula is C19H20ClN5. The molecule has 0 fully saturated rings. The van der Waals surface area contributed by atoms with Gasteiger partial charge in [-0.2, -0.15) is 10.1 Å². The van der Waals surface area contributed by atoms with Gasteiger partial charge in [-0.1, -0.05) is 53.6 Å². The second-order valence-corrected chi connectivity index (χ2v) is 6.25. The van der Waals surface area contributed by atoms with E-state index in [1.54, 1.807) is 6.20 Å². The normalized spacial score (nSPS) is 10.5. The summed E-state index contributed by atoms with van der Waals surface area (Å²) in [6.45, 7) is 3.48. The average Bonchev–Trinajstić information content (AvgIpc) is 2.62. The fourth-order valence-corrected chi connectivity index (χ4v) is 2.59. The lowest BCUT2D eigenvalue weighted by Gasteiger charge is -2.08. The Morgan fingerprint density at radius 2 is 1.84 bits per heavy atom. The maximum atomic E-state index is 5.99. The summed E-state index contributed by atoms with van der Waals surface area (Å²) in [5.74, 6) is 1.21. The fraction of sp³-hybridized carbons (Fsp3) is 0.211. The Hall–Kier alpha value is -2.66. The van der Waals surface area contributed by atoms with Gasteiger partial charge in [0.25, 0.3) is 0 Å². The molecule has 2 aromatic carbocycles. The number of anilines is 2. The van der Waals surface area contributed by atoms with Crippen LogP contribution in [0, 0.1) is 6.92 Å². The van der Waals surface area contributed by atoms with Crippen molar-refractivity contribution >= 4 is 23.4 Å². The van der Waals surface area contributed by atoms with Gasteiger partial charge in [-0.25, -0.2) is 0 Å². The summed E-state index contributed by atoms with van der Waals surface area (Å²) < 4.78 is 0. The molecule has 0 radical (unpaired) electrons. The zero-order valence-electron chi connectivity index (χ0n) is 14.0. The molecule has 0 aliphatic heterocycles. The first-order valence-corrected chi connectivity index (χ1v) is 8.54. The number of halogens is 1. The molecule has 1 aromatic heterocycles. The van der Waals surface area contributed by atoms with E-state index in [0.29, 0.717) is 24.9 Å². The Morgan fingerprint density at radius 3 is 2.64 bits per heavy atom. The lowest BCUT2D eigenvalue weighted by atomic mass is 10.1. The van der Waals surface area contributed by atoms with Gasteiger partial charge in [0, 0.05) is 18.1 Å². The van der Waals surface area contributed by atoms with Crippen LogP contribution in [0.3, 0.4) is 0 Å². The van der Waals surface area contributed by atoms with Crippen LogP contribution in [-0.2, 0) is 13.0 Å². The van der Waals surface area contributed by atoms with Crippen LogP contribution in [0.15, 0.2) is 54.7 Å². The van der Waals surface area contributed by atoms with Crippen LogP contribution in [0.1, 0.15) is 16.7 Å². The SMILES string of the molecule is Cc1ccc(CNc2cnnc(NCCc3cccc(Cl)c3)n2)cc1. The smallest absolute Gasteiger partial charge is 0.244 e. The van der Waals surface area contributed by atoms with Crippen LogP contribution in [0.5, 0.6) is 0 Å². The van der Waals surface area contributed by atoms with E-state index in [0.717, 1.165) is 11.4 Å². The van der Waals surface area contributed by atoms with Crippen molar-refractivity contribution in [1.82, 2.24) is 15.2 Å². The van der Waals surface area contributed by atoms with Crippen molar-refractivity contribution in [1.29, 1.82) is 0 Å². The molecule has 0 aliphatic carbocycles. The van der Waals surface area contributed by atoms with Gasteiger partial charge >= 0.3 is 0 Å². The molecule has 3 rings (SSSR count). The molecule has 0 saturated heterocycles. The Morgan fingerprint density at radius 1 is 1.00 bits per heavy atom. The highest BCUT2D eigenvalue weighted by molar-refractivity contribution is 6.30. The molecule has 1 heterocycles. The molecule has 0 amide bonds. The highest BCUT2D eigenvalue weighted by atomic mass is 35.5. The molecule has 5 nitrogen and oxygen atoms in total. The van der Waals surface area contributed by atoms with Crippen LogP contribution in [0.25, 0.3) is 0 Å². The van der Waals surface area contributed by atoms with Gasteiger partial charge in [-0.05, 0) is 36.6 Å². The number of benzene rings is 2. The summed E-state index contributed by atoms with van der Waals surface area (Å²) in [5.41, 5.74) is 3.61. The van der Waals surface area contributed by atoms with Gasteiger partial charge < -0.3 is 10.6 Å². The van der Waals surface area contributed by atoms with E-state index in [2.05, 4.69) is 57.0 Å². The molecule has 6 heteroatoms. The second kappa shape index (κ2) is 8.44. The molecule has 0 spiro atoms. The van der Waals surface area contributed by atoms with Crippen molar-refractivity contribution in [2.24, 2.45) is 0 Å². The molecular weight excluding hydrogens is 334 g/mol. The van der Waals surface area contributed by atoms with Crippen molar-refractivity contribution in [2.45, 2.75) is 19.9 Å². The van der Waals surface area contributed by atoms with Gasteiger partial charge in [-0.3, -0.25) is 0 Å². The van der Waals surface area contributed by atoms with Gasteiger partial charge in [0.2, 0.25) is 5.95 Å². The van der Waals surface area contributed by atoms with Crippen LogP contribution < -0.4 is 10.6 Å². The van der Waals surface area contributed by atoms with Gasteiger partial charge in [-0.15, -0.1) is 5.10 Å². The van der Waals surface area contributed by atoms with Gasteiger partial charge in [0.15, 0.2) is 5.82 Å². The second-order valence-electron chi connectivity index (χ2n) is 5.81. The monoisotopic (exact) mass is 353 g/mol. The van der Waals surface area contributed by atoms with Crippen molar-refractivity contribution in [3.05, 3.63) is 76.4 Å². The number of aryl methyl sites for hydroxylation is 1. The topological polar surface area (TPSA) is 62.7 Å². The first kappa shape index (κ1) is 17.2.